The van der Waals surface area contributed by atoms with Crippen LogP contribution in [-0.4, -0.2) is 18.6 Å². The summed E-state index contributed by atoms with van der Waals surface area (Å²) in [6, 6.07) is 4.27. The van der Waals surface area contributed by atoms with E-state index in [1.807, 2.05) is 22.6 Å². The monoisotopic (exact) mass is 335 g/mol. The topological polar surface area (TPSA) is 38.3 Å². The summed E-state index contributed by atoms with van der Waals surface area (Å²) in [5.41, 5.74) is 0.627. The Morgan fingerprint density at radius 3 is 3.00 bits per heavy atom. The summed E-state index contributed by atoms with van der Waals surface area (Å²) in [6.45, 7) is 0.637. The molecule has 3 nitrogen and oxygen atoms in total. The van der Waals surface area contributed by atoms with Gasteiger partial charge in [0.25, 0.3) is 5.91 Å². The van der Waals surface area contributed by atoms with E-state index in [4.69, 9.17) is 4.74 Å². The van der Waals surface area contributed by atoms with Crippen molar-refractivity contribution in [3.63, 3.8) is 0 Å². The first-order valence-electron chi connectivity index (χ1n) is 5.04. The van der Waals surface area contributed by atoms with Gasteiger partial charge in [-0.25, -0.2) is 4.39 Å². The summed E-state index contributed by atoms with van der Waals surface area (Å²) < 4.78 is 18.8. The van der Waals surface area contributed by atoms with Crippen LogP contribution in [-0.2, 0) is 9.53 Å². The van der Waals surface area contributed by atoms with Gasteiger partial charge in [0.2, 0.25) is 0 Å². The van der Waals surface area contributed by atoms with Crippen molar-refractivity contribution in [3.8, 4) is 0 Å². The van der Waals surface area contributed by atoms with E-state index < -0.39 is 0 Å². The van der Waals surface area contributed by atoms with Gasteiger partial charge in [0, 0.05) is 10.2 Å². The van der Waals surface area contributed by atoms with Gasteiger partial charge in [-0.2, -0.15) is 0 Å². The molecule has 0 radical (unpaired) electrons. The summed E-state index contributed by atoms with van der Waals surface area (Å²) in [7, 11) is 0. The number of hydrogen-bond acceptors (Lipinski definition) is 2. The Hall–Kier alpha value is -0.690. The number of hydrogen-bond donors (Lipinski definition) is 1. The zero-order valence-electron chi connectivity index (χ0n) is 8.50. The number of benzene rings is 1. The minimum atomic E-state index is -0.360. The van der Waals surface area contributed by atoms with E-state index in [-0.39, 0.29) is 17.8 Å². The summed E-state index contributed by atoms with van der Waals surface area (Å²) >= 11 is 1.99. The first kappa shape index (κ1) is 11.8. The number of carbonyl (C=O) groups is 1. The molecule has 86 valence electrons. The lowest BCUT2D eigenvalue weighted by Gasteiger charge is -2.11. The van der Waals surface area contributed by atoms with Crippen LogP contribution in [0.2, 0.25) is 0 Å². The van der Waals surface area contributed by atoms with Gasteiger partial charge < -0.3 is 10.1 Å². The average Bonchev–Trinajstić information content (AvgIpc) is 2.75. The standard InChI is InChI=1S/C11H11FINO2/c12-7-3-4-9(8(13)6-7)14-11(15)10-2-1-5-16-10/h3-4,6,10H,1-2,5H2,(H,14,15)/t10-/m1/s1. The Balaban J connectivity index is 2.05. The molecule has 16 heavy (non-hydrogen) atoms. The van der Waals surface area contributed by atoms with Crippen LogP contribution in [0.15, 0.2) is 18.2 Å². The maximum atomic E-state index is 12.8. The number of halogens is 2. The normalized spacial score (nSPS) is 19.8. The van der Waals surface area contributed by atoms with Crippen LogP contribution in [0.3, 0.4) is 0 Å². The molecule has 2 rings (SSSR count). The number of ether oxygens (including phenoxy) is 1. The molecule has 5 heteroatoms. The van der Waals surface area contributed by atoms with Crippen molar-refractivity contribution in [2.24, 2.45) is 0 Å². The van der Waals surface area contributed by atoms with E-state index in [9.17, 15) is 9.18 Å². The number of rotatable bonds is 2. The van der Waals surface area contributed by atoms with Crippen molar-refractivity contribution in [2.75, 3.05) is 11.9 Å². The molecule has 1 heterocycles. The largest absolute Gasteiger partial charge is 0.368 e. The molecule has 1 fully saturated rings. The predicted octanol–water partition coefficient (Wildman–Crippen LogP) is 2.55. The summed E-state index contributed by atoms with van der Waals surface area (Å²) in [4.78, 5) is 11.7. The van der Waals surface area contributed by atoms with Crippen molar-refractivity contribution < 1.29 is 13.9 Å². The van der Waals surface area contributed by atoms with Crippen molar-refractivity contribution in [1.29, 1.82) is 0 Å². The van der Waals surface area contributed by atoms with Crippen LogP contribution in [0.25, 0.3) is 0 Å². The third-order valence-electron chi connectivity index (χ3n) is 2.41. The molecule has 0 spiro atoms. The van der Waals surface area contributed by atoms with Gasteiger partial charge in [-0.3, -0.25) is 4.79 Å². The van der Waals surface area contributed by atoms with Gasteiger partial charge in [0.15, 0.2) is 0 Å². The second kappa shape index (κ2) is 5.09. The Labute approximate surface area is 107 Å². The number of amides is 1. The molecule has 1 aromatic carbocycles. The summed E-state index contributed by atoms with van der Waals surface area (Å²) in [5, 5.41) is 2.74. The van der Waals surface area contributed by atoms with Crippen molar-refractivity contribution in [2.45, 2.75) is 18.9 Å². The molecule has 0 unspecified atom stereocenters. The molecule has 1 aromatic rings. The molecule has 1 aliphatic rings. The van der Waals surface area contributed by atoms with Crippen molar-refractivity contribution >= 4 is 34.2 Å². The van der Waals surface area contributed by atoms with Crippen molar-refractivity contribution in [1.82, 2.24) is 0 Å². The van der Waals surface area contributed by atoms with E-state index in [1.54, 1.807) is 6.07 Å². The fourth-order valence-electron chi connectivity index (χ4n) is 1.59. The highest BCUT2D eigenvalue weighted by molar-refractivity contribution is 14.1. The molecule has 0 saturated carbocycles. The number of anilines is 1. The van der Waals surface area contributed by atoms with E-state index in [0.29, 0.717) is 15.9 Å². The molecule has 1 N–H and O–H groups in total. The minimum Gasteiger partial charge on any atom is -0.368 e. The second-order valence-corrected chi connectivity index (χ2v) is 4.78. The zero-order chi connectivity index (χ0) is 11.5. The van der Waals surface area contributed by atoms with Gasteiger partial charge in [0.05, 0.1) is 5.69 Å². The van der Waals surface area contributed by atoms with Gasteiger partial charge in [-0.15, -0.1) is 0 Å². The molecule has 1 saturated heterocycles. The molecule has 0 bridgehead atoms. The van der Waals surface area contributed by atoms with Crippen LogP contribution in [0.4, 0.5) is 10.1 Å². The molecular formula is C11H11FINO2. The highest BCUT2D eigenvalue weighted by atomic mass is 127. The lowest BCUT2D eigenvalue weighted by molar-refractivity contribution is -0.124. The Kier molecular flexibility index (Phi) is 3.75. The van der Waals surface area contributed by atoms with Gasteiger partial charge >= 0.3 is 0 Å². The highest BCUT2D eigenvalue weighted by Crippen LogP contribution is 2.21. The Bertz CT molecular complexity index is 405. The Morgan fingerprint density at radius 2 is 2.38 bits per heavy atom. The molecule has 1 amide bonds. The Morgan fingerprint density at radius 1 is 1.56 bits per heavy atom. The lowest BCUT2D eigenvalue weighted by atomic mass is 10.2. The first-order valence-corrected chi connectivity index (χ1v) is 6.12. The fraction of sp³-hybridized carbons (Fsp3) is 0.364. The average molecular weight is 335 g/mol. The van der Waals surface area contributed by atoms with Gasteiger partial charge in [0.1, 0.15) is 11.9 Å². The minimum absolute atomic E-state index is 0.151. The predicted molar refractivity (Wildman–Crippen MR) is 66.7 cm³/mol. The number of carbonyl (C=O) groups excluding carboxylic acids is 1. The zero-order valence-corrected chi connectivity index (χ0v) is 10.7. The van der Waals surface area contributed by atoms with E-state index in [0.717, 1.165) is 12.8 Å². The van der Waals surface area contributed by atoms with Gasteiger partial charge in [-0.05, 0) is 53.6 Å². The maximum Gasteiger partial charge on any atom is 0.253 e. The second-order valence-electron chi connectivity index (χ2n) is 3.62. The maximum absolute atomic E-state index is 12.8. The molecule has 0 aliphatic carbocycles. The van der Waals surface area contributed by atoms with Crippen LogP contribution in [0.1, 0.15) is 12.8 Å². The van der Waals surface area contributed by atoms with Crippen LogP contribution in [0, 0.1) is 9.39 Å². The van der Waals surface area contributed by atoms with E-state index in [2.05, 4.69) is 5.32 Å². The SMILES string of the molecule is O=C(Nc1ccc(F)cc1I)[C@H]1CCCO1. The van der Waals surface area contributed by atoms with Gasteiger partial charge in [-0.1, -0.05) is 0 Å². The highest BCUT2D eigenvalue weighted by Gasteiger charge is 2.23. The smallest absolute Gasteiger partial charge is 0.253 e. The van der Waals surface area contributed by atoms with Crippen molar-refractivity contribution in [3.05, 3.63) is 27.6 Å². The van der Waals surface area contributed by atoms with Crippen LogP contribution in [0.5, 0.6) is 0 Å². The number of nitrogens with one attached hydrogen (secondary N) is 1. The molecule has 0 aromatic heterocycles. The van der Waals surface area contributed by atoms with E-state index in [1.165, 1.54) is 12.1 Å². The van der Waals surface area contributed by atoms with Crippen LogP contribution < -0.4 is 5.32 Å². The third-order valence-corrected chi connectivity index (χ3v) is 3.30. The first-order chi connectivity index (χ1) is 7.66. The fourth-order valence-corrected chi connectivity index (χ4v) is 2.20. The molecule has 1 atom stereocenters. The molecular weight excluding hydrogens is 324 g/mol. The summed E-state index contributed by atoms with van der Waals surface area (Å²) in [5.74, 6) is -0.457. The molecule has 1 aliphatic heterocycles. The third kappa shape index (κ3) is 2.70. The van der Waals surface area contributed by atoms with E-state index >= 15 is 0 Å². The quantitative estimate of drug-likeness (QED) is 0.844. The van der Waals surface area contributed by atoms with Crippen LogP contribution >= 0.6 is 22.6 Å². The summed E-state index contributed by atoms with van der Waals surface area (Å²) in [6.07, 6.45) is 1.31. The lowest BCUT2D eigenvalue weighted by Crippen LogP contribution is -2.27.